The van der Waals surface area contributed by atoms with Gasteiger partial charge in [0, 0.05) is 6.42 Å². The number of esters is 1. The van der Waals surface area contributed by atoms with Gasteiger partial charge in [0.2, 0.25) is 0 Å². The third-order valence-electron chi connectivity index (χ3n) is 2.21. The summed E-state index contributed by atoms with van der Waals surface area (Å²) >= 11 is 0. The van der Waals surface area contributed by atoms with Gasteiger partial charge in [-0.3, -0.25) is 4.79 Å². The first-order chi connectivity index (χ1) is 7.04. The molecule has 0 amide bonds. The van der Waals surface area contributed by atoms with Gasteiger partial charge in [0.15, 0.2) is 0 Å². The van der Waals surface area contributed by atoms with E-state index in [1.807, 2.05) is 13.0 Å². The molecule has 0 heterocycles. The van der Waals surface area contributed by atoms with Gasteiger partial charge in [-0.1, -0.05) is 6.07 Å². The van der Waals surface area contributed by atoms with Crippen LogP contribution in [0.2, 0.25) is 0 Å². The van der Waals surface area contributed by atoms with Crippen LogP contribution in [0.3, 0.4) is 0 Å². The van der Waals surface area contributed by atoms with E-state index >= 15 is 0 Å². The number of rotatable bonds is 3. The van der Waals surface area contributed by atoms with E-state index in [0.29, 0.717) is 12.0 Å². The van der Waals surface area contributed by atoms with Crippen molar-refractivity contribution < 1.29 is 14.3 Å². The van der Waals surface area contributed by atoms with Gasteiger partial charge in [-0.05, 0) is 37.1 Å². The van der Waals surface area contributed by atoms with Crippen LogP contribution in [0, 0.1) is 6.92 Å². The number of benzene rings is 1. The lowest BCUT2D eigenvalue weighted by Gasteiger charge is -2.06. The summed E-state index contributed by atoms with van der Waals surface area (Å²) in [5, 5.41) is 0. The Hall–Kier alpha value is -1.64. The van der Waals surface area contributed by atoms with Crippen LogP contribution < -0.4 is 0 Å². The molecule has 3 heteroatoms. The average Bonchev–Trinajstić information content (AvgIpc) is 2.19. The molecule has 0 aromatic heterocycles. The molecule has 0 radical (unpaired) electrons. The second-order valence-electron chi connectivity index (χ2n) is 3.51. The number of hydrogen-bond donors (Lipinski definition) is 0. The maximum Gasteiger partial charge on any atom is 0.337 e. The van der Waals surface area contributed by atoms with Crippen molar-refractivity contribution in [2.75, 3.05) is 7.11 Å². The van der Waals surface area contributed by atoms with Gasteiger partial charge in [0.25, 0.3) is 0 Å². The van der Waals surface area contributed by atoms with Crippen molar-refractivity contribution in [3.8, 4) is 0 Å². The monoisotopic (exact) mass is 206 g/mol. The summed E-state index contributed by atoms with van der Waals surface area (Å²) in [5.41, 5.74) is 2.38. The lowest BCUT2D eigenvalue weighted by molar-refractivity contribution is -0.116. The van der Waals surface area contributed by atoms with E-state index in [2.05, 4.69) is 4.74 Å². The fourth-order valence-electron chi connectivity index (χ4n) is 1.37. The number of ether oxygens (including phenoxy) is 1. The highest BCUT2D eigenvalue weighted by molar-refractivity contribution is 5.90. The maximum atomic E-state index is 11.3. The van der Waals surface area contributed by atoms with Crippen LogP contribution in [0.1, 0.15) is 28.4 Å². The Kier molecular flexibility index (Phi) is 3.61. The molecule has 0 unspecified atom stereocenters. The van der Waals surface area contributed by atoms with Crippen LogP contribution >= 0.6 is 0 Å². The molecule has 0 N–H and O–H groups in total. The van der Waals surface area contributed by atoms with E-state index in [-0.39, 0.29) is 11.8 Å². The number of hydrogen-bond acceptors (Lipinski definition) is 3. The molecule has 0 aliphatic carbocycles. The van der Waals surface area contributed by atoms with E-state index in [4.69, 9.17) is 0 Å². The van der Waals surface area contributed by atoms with Gasteiger partial charge in [0.05, 0.1) is 12.7 Å². The Morgan fingerprint density at radius 2 is 2.00 bits per heavy atom. The van der Waals surface area contributed by atoms with Gasteiger partial charge < -0.3 is 4.74 Å². The van der Waals surface area contributed by atoms with E-state index in [9.17, 15) is 9.59 Å². The van der Waals surface area contributed by atoms with Crippen molar-refractivity contribution in [3.05, 3.63) is 34.9 Å². The summed E-state index contributed by atoms with van der Waals surface area (Å²) in [5.74, 6) is -0.292. The minimum Gasteiger partial charge on any atom is -0.465 e. The Labute approximate surface area is 89.1 Å². The molecule has 80 valence electrons. The van der Waals surface area contributed by atoms with Crippen molar-refractivity contribution in [1.82, 2.24) is 0 Å². The summed E-state index contributed by atoms with van der Waals surface area (Å²) < 4.78 is 4.61. The lowest BCUT2D eigenvalue weighted by atomic mass is 10.0. The molecule has 0 spiro atoms. The Morgan fingerprint density at radius 1 is 1.33 bits per heavy atom. The van der Waals surface area contributed by atoms with Crippen molar-refractivity contribution in [2.24, 2.45) is 0 Å². The van der Waals surface area contributed by atoms with Crippen molar-refractivity contribution in [1.29, 1.82) is 0 Å². The van der Waals surface area contributed by atoms with E-state index in [1.54, 1.807) is 12.1 Å². The summed E-state index contributed by atoms with van der Waals surface area (Å²) in [6, 6.07) is 5.23. The van der Waals surface area contributed by atoms with Crippen LogP contribution in [0.5, 0.6) is 0 Å². The van der Waals surface area contributed by atoms with Crippen LogP contribution in [0.25, 0.3) is 0 Å². The van der Waals surface area contributed by atoms with Crippen LogP contribution in [-0.2, 0) is 16.0 Å². The van der Waals surface area contributed by atoms with E-state index in [0.717, 1.165) is 11.1 Å². The van der Waals surface area contributed by atoms with Crippen LogP contribution in [-0.4, -0.2) is 18.9 Å². The number of methoxy groups -OCH3 is 1. The largest absolute Gasteiger partial charge is 0.465 e. The van der Waals surface area contributed by atoms with Crippen molar-refractivity contribution in [2.45, 2.75) is 20.3 Å². The first kappa shape index (κ1) is 11.4. The Bertz CT molecular complexity index is 394. The summed E-state index contributed by atoms with van der Waals surface area (Å²) in [4.78, 5) is 22.3. The standard InChI is InChI=1S/C12H14O3/c1-8-4-5-10(12(14)15-3)7-11(8)6-9(2)13/h4-5,7H,6H2,1-3H3. The van der Waals surface area contributed by atoms with Gasteiger partial charge in [-0.25, -0.2) is 4.79 Å². The SMILES string of the molecule is COC(=O)c1ccc(C)c(CC(C)=O)c1. The second kappa shape index (κ2) is 4.73. The second-order valence-corrected chi connectivity index (χ2v) is 3.51. The van der Waals surface area contributed by atoms with Crippen LogP contribution in [0.15, 0.2) is 18.2 Å². The fourth-order valence-corrected chi connectivity index (χ4v) is 1.37. The normalized spacial score (nSPS) is 9.80. The topological polar surface area (TPSA) is 43.4 Å². The third kappa shape index (κ3) is 2.91. The molecule has 0 aliphatic rings. The molecule has 1 rings (SSSR count). The number of carbonyl (C=O) groups excluding carboxylic acids is 2. The molecule has 0 atom stereocenters. The highest BCUT2D eigenvalue weighted by atomic mass is 16.5. The van der Waals surface area contributed by atoms with Gasteiger partial charge in [-0.15, -0.1) is 0 Å². The molecule has 0 saturated heterocycles. The van der Waals surface area contributed by atoms with E-state index < -0.39 is 0 Å². The number of carbonyl (C=O) groups is 2. The quantitative estimate of drug-likeness (QED) is 0.709. The highest BCUT2D eigenvalue weighted by Gasteiger charge is 2.08. The molecule has 0 aliphatic heterocycles. The predicted molar refractivity (Wildman–Crippen MR) is 56.9 cm³/mol. The van der Waals surface area contributed by atoms with Gasteiger partial charge in [-0.2, -0.15) is 0 Å². The molecule has 1 aromatic rings. The van der Waals surface area contributed by atoms with Crippen molar-refractivity contribution >= 4 is 11.8 Å². The van der Waals surface area contributed by atoms with E-state index in [1.165, 1.54) is 14.0 Å². The number of ketones is 1. The molecule has 0 fully saturated rings. The Morgan fingerprint density at radius 3 is 2.53 bits per heavy atom. The molecule has 3 nitrogen and oxygen atoms in total. The minimum atomic E-state index is -0.375. The third-order valence-corrected chi connectivity index (χ3v) is 2.21. The summed E-state index contributed by atoms with van der Waals surface area (Å²) in [6.07, 6.45) is 0.358. The molecule has 0 bridgehead atoms. The summed E-state index contributed by atoms with van der Waals surface area (Å²) in [7, 11) is 1.34. The summed E-state index contributed by atoms with van der Waals surface area (Å²) in [6.45, 7) is 3.45. The molecule has 0 saturated carbocycles. The highest BCUT2D eigenvalue weighted by Crippen LogP contribution is 2.13. The molecular weight excluding hydrogens is 192 g/mol. The van der Waals surface area contributed by atoms with Gasteiger partial charge in [0.1, 0.15) is 5.78 Å². The fraction of sp³-hybridized carbons (Fsp3) is 0.333. The average molecular weight is 206 g/mol. The molecule has 15 heavy (non-hydrogen) atoms. The zero-order valence-corrected chi connectivity index (χ0v) is 9.16. The molecular formula is C12H14O3. The van der Waals surface area contributed by atoms with Crippen molar-refractivity contribution in [3.63, 3.8) is 0 Å². The Balaban J connectivity index is 3.05. The zero-order valence-electron chi connectivity index (χ0n) is 9.16. The molecule has 1 aromatic carbocycles. The number of aryl methyl sites for hydroxylation is 1. The van der Waals surface area contributed by atoms with Crippen LogP contribution in [0.4, 0.5) is 0 Å². The lowest BCUT2D eigenvalue weighted by Crippen LogP contribution is -2.05. The number of Topliss-reactive ketones (excluding diaryl/α,β-unsaturated/α-hetero) is 1. The van der Waals surface area contributed by atoms with Gasteiger partial charge >= 0.3 is 5.97 Å². The smallest absolute Gasteiger partial charge is 0.337 e. The first-order valence-electron chi connectivity index (χ1n) is 4.72. The minimum absolute atomic E-state index is 0.0834. The predicted octanol–water partition coefficient (Wildman–Crippen LogP) is 1.91. The first-order valence-corrected chi connectivity index (χ1v) is 4.72. The maximum absolute atomic E-state index is 11.3. The zero-order chi connectivity index (χ0) is 11.4.